The van der Waals surface area contributed by atoms with Crippen LogP contribution in [-0.2, 0) is 0 Å². The van der Waals surface area contributed by atoms with Gasteiger partial charge in [0.1, 0.15) is 17.7 Å². The fourth-order valence-corrected chi connectivity index (χ4v) is 2.03. The zero-order valence-corrected chi connectivity index (χ0v) is 11.7. The van der Waals surface area contributed by atoms with Crippen LogP contribution in [0.4, 0.5) is 5.82 Å². The average Bonchev–Trinajstić information content (AvgIpc) is 3.08. The van der Waals surface area contributed by atoms with E-state index in [0.29, 0.717) is 5.92 Å². The zero-order chi connectivity index (χ0) is 14.1. The molecule has 0 fully saturated rings. The molecule has 3 aromatic rings. The topological polar surface area (TPSA) is 83.8 Å². The van der Waals surface area contributed by atoms with E-state index in [9.17, 15) is 0 Å². The number of H-pyrrole nitrogens is 1. The number of aromatic nitrogens is 6. The molecule has 1 unspecified atom stereocenters. The van der Waals surface area contributed by atoms with Crippen molar-refractivity contribution in [3.05, 3.63) is 36.3 Å². The van der Waals surface area contributed by atoms with E-state index in [-0.39, 0.29) is 6.04 Å². The molecule has 7 nitrogen and oxygen atoms in total. The Morgan fingerprint density at radius 1 is 1.25 bits per heavy atom. The highest BCUT2D eigenvalue weighted by molar-refractivity contribution is 5.68. The molecule has 3 aromatic heterocycles. The Bertz CT molecular complexity index is 699. The quantitative estimate of drug-likeness (QED) is 0.759. The van der Waals surface area contributed by atoms with Crippen molar-refractivity contribution in [1.29, 1.82) is 0 Å². The molecule has 104 valence electrons. The summed E-state index contributed by atoms with van der Waals surface area (Å²) >= 11 is 0. The highest BCUT2D eigenvalue weighted by Crippen LogP contribution is 2.22. The second-order valence-electron chi connectivity index (χ2n) is 5.07. The number of nitrogens with one attached hydrogen (secondary N) is 2. The van der Waals surface area contributed by atoms with Gasteiger partial charge in [0.2, 0.25) is 0 Å². The maximum Gasteiger partial charge on any atom is 0.152 e. The lowest BCUT2D eigenvalue weighted by Crippen LogP contribution is -2.10. The fourth-order valence-electron chi connectivity index (χ4n) is 2.03. The summed E-state index contributed by atoms with van der Waals surface area (Å²) in [5, 5.41) is 14.6. The lowest BCUT2D eigenvalue weighted by Gasteiger charge is -2.12. The molecule has 0 aromatic carbocycles. The van der Waals surface area contributed by atoms with Gasteiger partial charge in [-0.15, -0.1) is 0 Å². The number of rotatable bonds is 4. The van der Waals surface area contributed by atoms with E-state index >= 15 is 0 Å². The molecule has 0 bridgehead atoms. The SMILES string of the molecule is CC(C)c1cc2c(NC(C)c3ncn[nH]3)nccn2n1. The molecule has 0 aliphatic heterocycles. The van der Waals surface area contributed by atoms with Crippen molar-refractivity contribution < 1.29 is 0 Å². The molecule has 3 rings (SSSR count). The van der Waals surface area contributed by atoms with Gasteiger partial charge in [-0.2, -0.15) is 10.2 Å². The van der Waals surface area contributed by atoms with Crippen LogP contribution >= 0.6 is 0 Å². The number of hydrogen-bond donors (Lipinski definition) is 2. The molecular weight excluding hydrogens is 254 g/mol. The van der Waals surface area contributed by atoms with Gasteiger partial charge in [-0.1, -0.05) is 13.8 Å². The second kappa shape index (κ2) is 4.92. The van der Waals surface area contributed by atoms with E-state index in [0.717, 1.165) is 22.9 Å². The van der Waals surface area contributed by atoms with Crippen LogP contribution in [-0.4, -0.2) is 29.8 Å². The zero-order valence-electron chi connectivity index (χ0n) is 11.7. The van der Waals surface area contributed by atoms with Gasteiger partial charge in [-0.25, -0.2) is 14.5 Å². The van der Waals surface area contributed by atoms with Crippen LogP contribution in [0, 0.1) is 0 Å². The third kappa shape index (κ3) is 2.22. The monoisotopic (exact) mass is 271 g/mol. The minimum Gasteiger partial charge on any atom is -0.359 e. The Labute approximate surface area is 116 Å². The van der Waals surface area contributed by atoms with Gasteiger partial charge < -0.3 is 5.32 Å². The summed E-state index contributed by atoms with van der Waals surface area (Å²) in [5.41, 5.74) is 2.01. The highest BCUT2D eigenvalue weighted by atomic mass is 15.3. The van der Waals surface area contributed by atoms with Crippen LogP contribution in [0.15, 0.2) is 24.8 Å². The number of aromatic amines is 1. The molecule has 1 atom stereocenters. The summed E-state index contributed by atoms with van der Waals surface area (Å²) in [6.45, 7) is 6.25. The van der Waals surface area contributed by atoms with Crippen molar-refractivity contribution in [3.63, 3.8) is 0 Å². The highest BCUT2D eigenvalue weighted by Gasteiger charge is 2.13. The van der Waals surface area contributed by atoms with Gasteiger partial charge in [-0.3, -0.25) is 5.10 Å². The first-order chi connectivity index (χ1) is 9.65. The average molecular weight is 271 g/mol. The van der Waals surface area contributed by atoms with Crippen LogP contribution in [0.3, 0.4) is 0 Å². The Morgan fingerprint density at radius 3 is 2.80 bits per heavy atom. The van der Waals surface area contributed by atoms with E-state index < -0.39 is 0 Å². The maximum atomic E-state index is 4.54. The fraction of sp³-hybridized carbons (Fsp3) is 0.385. The van der Waals surface area contributed by atoms with Crippen molar-refractivity contribution in [2.45, 2.75) is 32.7 Å². The second-order valence-corrected chi connectivity index (χ2v) is 5.07. The largest absolute Gasteiger partial charge is 0.359 e. The Hall–Kier alpha value is -2.44. The molecule has 0 radical (unpaired) electrons. The van der Waals surface area contributed by atoms with Gasteiger partial charge in [-0.05, 0) is 18.9 Å². The summed E-state index contributed by atoms with van der Waals surface area (Å²) < 4.78 is 1.85. The predicted octanol–water partition coefficient (Wildman–Crippen LogP) is 2.14. The molecule has 0 aliphatic carbocycles. The predicted molar refractivity (Wildman–Crippen MR) is 75.5 cm³/mol. The van der Waals surface area contributed by atoms with Crippen LogP contribution in [0.5, 0.6) is 0 Å². The van der Waals surface area contributed by atoms with Gasteiger partial charge in [0.25, 0.3) is 0 Å². The number of fused-ring (bicyclic) bond motifs is 1. The van der Waals surface area contributed by atoms with E-state index in [4.69, 9.17) is 0 Å². The summed E-state index contributed by atoms with van der Waals surface area (Å²) in [7, 11) is 0. The van der Waals surface area contributed by atoms with Gasteiger partial charge in [0, 0.05) is 12.4 Å². The first-order valence-corrected chi connectivity index (χ1v) is 6.61. The standard InChI is InChI=1S/C13H17N7/c1-8(2)10-6-11-13(14-4-5-20(11)19-10)17-9(3)12-15-7-16-18-12/h4-9H,1-3H3,(H,14,17)(H,15,16,18). The first kappa shape index (κ1) is 12.6. The minimum atomic E-state index is -0.00593. The molecule has 2 N–H and O–H groups in total. The molecule has 0 amide bonds. The molecule has 20 heavy (non-hydrogen) atoms. The van der Waals surface area contributed by atoms with E-state index in [1.165, 1.54) is 6.33 Å². The Balaban J connectivity index is 1.95. The van der Waals surface area contributed by atoms with Crippen molar-refractivity contribution in [2.24, 2.45) is 0 Å². The van der Waals surface area contributed by atoms with Crippen molar-refractivity contribution in [1.82, 2.24) is 29.8 Å². The van der Waals surface area contributed by atoms with Gasteiger partial charge in [0.15, 0.2) is 5.82 Å². The summed E-state index contributed by atoms with van der Waals surface area (Å²) in [5.74, 6) is 1.95. The normalized spacial score (nSPS) is 13.0. The molecule has 0 spiro atoms. The van der Waals surface area contributed by atoms with Crippen LogP contribution < -0.4 is 5.32 Å². The van der Waals surface area contributed by atoms with Crippen LogP contribution in [0.2, 0.25) is 0 Å². The molecule has 7 heteroatoms. The summed E-state index contributed by atoms with van der Waals surface area (Å²) in [4.78, 5) is 8.54. The molecular formula is C13H17N7. The third-order valence-corrected chi connectivity index (χ3v) is 3.20. The van der Waals surface area contributed by atoms with E-state index in [1.54, 1.807) is 6.20 Å². The van der Waals surface area contributed by atoms with Crippen LogP contribution in [0.25, 0.3) is 5.52 Å². The first-order valence-electron chi connectivity index (χ1n) is 6.61. The Morgan fingerprint density at radius 2 is 2.10 bits per heavy atom. The minimum absolute atomic E-state index is 0.00593. The Kier molecular flexibility index (Phi) is 3.09. The van der Waals surface area contributed by atoms with E-state index in [2.05, 4.69) is 50.5 Å². The molecule has 0 aliphatic rings. The smallest absolute Gasteiger partial charge is 0.152 e. The molecule has 3 heterocycles. The summed E-state index contributed by atoms with van der Waals surface area (Å²) in [6, 6.07) is 2.06. The molecule has 0 saturated carbocycles. The van der Waals surface area contributed by atoms with Crippen LogP contribution in [0.1, 0.15) is 44.2 Å². The van der Waals surface area contributed by atoms with Crippen molar-refractivity contribution in [3.8, 4) is 0 Å². The third-order valence-electron chi connectivity index (χ3n) is 3.20. The number of nitrogens with zero attached hydrogens (tertiary/aromatic N) is 5. The number of anilines is 1. The lowest BCUT2D eigenvalue weighted by atomic mass is 10.1. The van der Waals surface area contributed by atoms with Gasteiger partial charge >= 0.3 is 0 Å². The summed E-state index contributed by atoms with van der Waals surface area (Å²) in [6.07, 6.45) is 5.09. The number of hydrogen-bond acceptors (Lipinski definition) is 5. The molecule has 0 saturated heterocycles. The van der Waals surface area contributed by atoms with Gasteiger partial charge in [0.05, 0.1) is 11.7 Å². The van der Waals surface area contributed by atoms with Crippen molar-refractivity contribution in [2.75, 3.05) is 5.32 Å². The maximum absolute atomic E-state index is 4.54. The van der Waals surface area contributed by atoms with Crippen molar-refractivity contribution >= 4 is 11.3 Å². The lowest BCUT2D eigenvalue weighted by molar-refractivity contribution is 0.779. The van der Waals surface area contributed by atoms with E-state index in [1.807, 2.05) is 17.6 Å².